The first-order valence-electron chi connectivity index (χ1n) is 6.05. The van der Waals surface area contributed by atoms with Crippen molar-refractivity contribution >= 4 is 5.91 Å². The van der Waals surface area contributed by atoms with Gasteiger partial charge in [0.1, 0.15) is 0 Å². The van der Waals surface area contributed by atoms with E-state index in [-0.39, 0.29) is 18.6 Å². The Bertz CT molecular complexity index is 205. The van der Waals surface area contributed by atoms with Gasteiger partial charge in [0, 0.05) is 12.6 Å². The van der Waals surface area contributed by atoms with Crippen LogP contribution < -0.4 is 11.1 Å². The summed E-state index contributed by atoms with van der Waals surface area (Å²) in [7, 11) is 0. The molecule has 0 heterocycles. The minimum Gasteiger partial charge on any atom is -0.396 e. The number of amides is 1. The van der Waals surface area contributed by atoms with Crippen LogP contribution in [0.1, 0.15) is 40.5 Å². The zero-order valence-corrected chi connectivity index (χ0v) is 10.9. The van der Waals surface area contributed by atoms with E-state index >= 15 is 0 Å². The van der Waals surface area contributed by atoms with Crippen LogP contribution >= 0.6 is 0 Å². The second-order valence-electron chi connectivity index (χ2n) is 5.11. The van der Waals surface area contributed by atoms with E-state index in [9.17, 15) is 4.79 Å². The van der Waals surface area contributed by atoms with Gasteiger partial charge in [0.15, 0.2) is 0 Å². The van der Waals surface area contributed by atoms with Gasteiger partial charge in [-0.05, 0) is 24.7 Å². The molecule has 16 heavy (non-hydrogen) atoms. The lowest BCUT2D eigenvalue weighted by atomic mass is 9.99. The Balaban J connectivity index is 4.17. The van der Waals surface area contributed by atoms with E-state index in [4.69, 9.17) is 10.8 Å². The number of hydrogen-bond acceptors (Lipinski definition) is 3. The molecule has 0 spiro atoms. The highest BCUT2D eigenvalue weighted by Gasteiger charge is 2.20. The monoisotopic (exact) mass is 230 g/mol. The van der Waals surface area contributed by atoms with Crippen LogP contribution in [0.15, 0.2) is 0 Å². The molecule has 0 aliphatic heterocycles. The molecule has 2 atom stereocenters. The Morgan fingerprint density at radius 3 is 2.25 bits per heavy atom. The van der Waals surface area contributed by atoms with Gasteiger partial charge in [0.2, 0.25) is 5.91 Å². The van der Waals surface area contributed by atoms with Gasteiger partial charge >= 0.3 is 0 Å². The zero-order valence-electron chi connectivity index (χ0n) is 10.9. The number of carbonyl (C=O) groups is 1. The van der Waals surface area contributed by atoms with Crippen molar-refractivity contribution in [1.82, 2.24) is 5.32 Å². The number of carbonyl (C=O) groups excluding carboxylic acids is 1. The Kier molecular flexibility index (Phi) is 7.34. The average molecular weight is 230 g/mol. The van der Waals surface area contributed by atoms with E-state index in [1.807, 2.05) is 27.7 Å². The summed E-state index contributed by atoms with van der Waals surface area (Å²) in [6.45, 7) is 8.22. The van der Waals surface area contributed by atoms with Crippen LogP contribution in [-0.4, -0.2) is 29.7 Å². The van der Waals surface area contributed by atoms with Gasteiger partial charge in [-0.2, -0.15) is 0 Å². The topological polar surface area (TPSA) is 75.4 Å². The summed E-state index contributed by atoms with van der Waals surface area (Å²) in [5.41, 5.74) is 5.79. The predicted molar refractivity (Wildman–Crippen MR) is 65.9 cm³/mol. The molecular formula is C12H26N2O2. The van der Waals surface area contributed by atoms with Crippen LogP contribution in [0.5, 0.6) is 0 Å². The van der Waals surface area contributed by atoms with Crippen LogP contribution in [0.25, 0.3) is 0 Å². The van der Waals surface area contributed by atoms with E-state index in [0.29, 0.717) is 24.7 Å². The summed E-state index contributed by atoms with van der Waals surface area (Å²) >= 11 is 0. The molecule has 96 valence electrons. The van der Waals surface area contributed by atoms with Crippen molar-refractivity contribution in [2.75, 3.05) is 6.61 Å². The highest BCUT2D eigenvalue weighted by atomic mass is 16.3. The van der Waals surface area contributed by atoms with Gasteiger partial charge in [-0.1, -0.05) is 27.7 Å². The van der Waals surface area contributed by atoms with E-state index in [2.05, 4.69) is 5.32 Å². The molecule has 0 rings (SSSR count). The number of nitrogens with two attached hydrogens (primary N) is 1. The minimum absolute atomic E-state index is 0.00992. The van der Waals surface area contributed by atoms with Gasteiger partial charge in [0.05, 0.1) is 6.04 Å². The van der Waals surface area contributed by atoms with Crippen LogP contribution in [0, 0.1) is 11.8 Å². The quantitative estimate of drug-likeness (QED) is 0.608. The average Bonchev–Trinajstić information content (AvgIpc) is 2.15. The van der Waals surface area contributed by atoms with Crippen LogP contribution in [0.2, 0.25) is 0 Å². The first-order valence-corrected chi connectivity index (χ1v) is 6.05. The number of aliphatic hydroxyl groups is 1. The molecule has 0 radical (unpaired) electrons. The normalized spacial score (nSPS) is 15.2. The van der Waals surface area contributed by atoms with Crippen molar-refractivity contribution in [3.8, 4) is 0 Å². The molecule has 0 fully saturated rings. The highest BCUT2D eigenvalue weighted by molar-refractivity contribution is 5.81. The molecule has 0 aromatic heterocycles. The molecule has 0 bridgehead atoms. The Morgan fingerprint density at radius 1 is 1.31 bits per heavy atom. The Labute approximate surface area is 98.6 Å². The summed E-state index contributed by atoms with van der Waals surface area (Å²) in [5.74, 6) is 0.610. The van der Waals surface area contributed by atoms with Gasteiger partial charge in [-0.15, -0.1) is 0 Å². The van der Waals surface area contributed by atoms with E-state index < -0.39 is 6.04 Å². The molecule has 0 aromatic carbocycles. The lowest BCUT2D eigenvalue weighted by molar-refractivity contribution is -0.123. The number of rotatable bonds is 7. The summed E-state index contributed by atoms with van der Waals surface area (Å²) in [5, 5.41) is 11.8. The minimum atomic E-state index is -0.444. The van der Waals surface area contributed by atoms with E-state index in [1.165, 1.54) is 0 Å². The molecule has 4 N–H and O–H groups in total. The second kappa shape index (κ2) is 7.63. The van der Waals surface area contributed by atoms with Crippen molar-refractivity contribution in [1.29, 1.82) is 0 Å². The Hall–Kier alpha value is -0.610. The molecule has 1 amide bonds. The van der Waals surface area contributed by atoms with Gasteiger partial charge in [-0.3, -0.25) is 4.79 Å². The van der Waals surface area contributed by atoms with Crippen LogP contribution in [0.3, 0.4) is 0 Å². The van der Waals surface area contributed by atoms with Gasteiger partial charge in [0.25, 0.3) is 0 Å². The third-order valence-electron chi connectivity index (χ3n) is 2.63. The number of nitrogens with one attached hydrogen (secondary N) is 1. The maximum atomic E-state index is 11.8. The maximum Gasteiger partial charge on any atom is 0.237 e. The van der Waals surface area contributed by atoms with Crippen LogP contribution in [0.4, 0.5) is 0 Å². The fraction of sp³-hybridized carbons (Fsp3) is 0.917. The summed E-state index contributed by atoms with van der Waals surface area (Å²) < 4.78 is 0. The SMILES string of the molecule is CC(C)C[C@@H](N)C(=O)NC(CCO)C(C)C. The zero-order chi connectivity index (χ0) is 12.7. The third kappa shape index (κ3) is 6.08. The molecule has 4 heteroatoms. The molecule has 0 saturated heterocycles. The highest BCUT2D eigenvalue weighted by Crippen LogP contribution is 2.07. The van der Waals surface area contributed by atoms with Crippen molar-refractivity contribution in [3.05, 3.63) is 0 Å². The van der Waals surface area contributed by atoms with Gasteiger partial charge < -0.3 is 16.2 Å². The van der Waals surface area contributed by atoms with Crippen LogP contribution in [-0.2, 0) is 4.79 Å². The van der Waals surface area contributed by atoms with E-state index in [0.717, 1.165) is 0 Å². The lowest BCUT2D eigenvalue weighted by Crippen LogP contribution is -2.47. The van der Waals surface area contributed by atoms with Crippen molar-refractivity contribution < 1.29 is 9.90 Å². The van der Waals surface area contributed by atoms with Gasteiger partial charge in [-0.25, -0.2) is 0 Å². The Morgan fingerprint density at radius 2 is 1.88 bits per heavy atom. The van der Waals surface area contributed by atoms with Crippen molar-refractivity contribution in [2.45, 2.75) is 52.6 Å². The smallest absolute Gasteiger partial charge is 0.237 e. The first-order chi connectivity index (χ1) is 7.38. The lowest BCUT2D eigenvalue weighted by Gasteiger charge is -2.24. The molecule has 4 nitrogen and oxygen atoms in total. The fourth-order valence-electron chi connectivity index (χ4n) is 1.62. The van der Waals surface area contributed by atoms with Crippen molar-refractivity contribution in [2.24, 2.45) is 17.6 Å². The number of hydrogen-bond donors (Lipinski definition) is 3. The molecule has 0 aliphatic rings. The largest absolute Gasteiger partial charge is 0.396 e. The molecule has 1 unspecified atom stereocenters. The predicted octanol–water partition coefficient (Wildman–Crippen LogP) is 0.883. The fourth-order valence-corrected chi connectivity index (χ4v) is 1.62. The molecule has 0 aromatic rings. The molecular weight excluding hydrogens is 204 g/mol. The maximum absolute atomic E-state index is 11.8. The second-order valence-corrected chi connectivity index (χ2v) is 5.11. The van der Waals surface area contributed by atoms with Crippen molar-refractivity contribution in [3.63, 3.8) is 0 Å². The standard InChI is InChI=1S/C12H26N2O2/c1-8(2)7-10(13)12(16)14-11(5-6-15)9(3)4/h8-11,15H,5-7,13H2,1-4H3,(H,14,16)/t10-,11?/m1/s1. The third-order valence-corrected chi connectivity index (χ3v) is 2.63. The summed E-state index contributed by atoms with van der Waals surface area (Å²) in [6.07, 6.45) is 1.27. The molecule has 0 saturated carbocycles. The summed E-state index contributed by atoms with van der Waals surface area (Å²) in [6, 6.07) is -0.435. The summed E-state index contributed by atoms with van der Waals surface area (Å²) in [4.78, 5) is 11.8. The number of aliphatic hydroxyl groups excluding tert-OH is 1. The first kappa shape index (κ1) is 15.4. The van der Waals surface area contributed by atoms with E-state index in [1.54, 1.807) is 0 Å². The molecule has 0 aliphatic carbocycles.